The lowest BCUT2D eigenvalue weighted by atomic mass is 10.1. The second kappa shape index (κ2) is 3.92. The number of rotatable bonds is 3. The summed E-state index contributed by atoms with van der Waals surface area (Å²) in [6, 6.07) is 0. The maximum atomic E-state index is 10.8. The first kappa shape index (κ1) is 8.80. The number of nitrogens with two attached hydrogens (primary N) is 1. The molecule has 0 fully saturated rings. The van der Waals surface area contributed by atoms with Gasteiger partial charge < -0.3 is 15.4 Å². The molecule has 0 aromatic rings. The molecule has 66 valence electrons. The van der Waals surface area contributed by atoms with Gasteiger partial charge in [0.2, 0.25) is 5.91 Å². The Kier molecular flexibility index (Phi) is 2.88. The number of carbonyl (C=O) groups is 1. The van der Waals surface area contributed by atoms with Crippen molar-refractivity contribution in [1.82, 2.24) is 4.90 Å². The van der Waals surface area contributed by atoms with E-state index in [4.69, 9.17) is 10.5 Å². The van der Waals surface area contributed by atoms with Crippen LogP contribution in [0.25, 0.3) is 0 Å². The summed E-state index contributed by atoms with van der Waals surface area (Å²) >= 11 is 0. The molecule has 0 unspecified atom stereocenters. The first-order valence-corrected chi connectivity index (χ1v) is 3.66. The van der Waals surface area contributed by atoms with Crippen LogP contribution >= 0.6 is 0 Å². The van der Waals surface area contributed by atoms with Crippen LogP contribution < -0.4 is 5.73 Å². The second-order valence-electron chi connectivity index (χ2n) is 2.54. The highest BCUT2D eigenvalue weighted by Crippen LogP contribution is 2.10. The molecule has 0 atom stereocenters. The van der Waals surface area contributed by atoms with Crippen molar-refractivity contribution < 1.29 is 9.53 Å². The van der Waals surface area contributed by atoms with Crippen molar-refractivity contribution in [3.8, 4) is 0 Å². The highest BCUT2D eigenvalue weighted by atomic mass is 16.5. The van der Waals surface area contributed by atoms with Gasteiger partial charge >= 0.3 is 0 Å². The van der Waals surface area contributed by atoms with Crippen molar-refractivity contribution in [1.29, 1.82) is 0 Å². The Hall–Kier alpha value is -1.29. The predicted octanol–water partition coefficient (Wildman–Crippen LogP) is 0.179. The van der Waals surface area contributed by atoms with E-state index in [-0.39, 0.29) is 5.91 Å². The molecule has 1 heterocycles. The third-order valence-electron chi connectivity index (χ3n) is 1.55. The number of methoxy groups -OCH3 is 1. The number of carbonyl (C=O) groups excluding carboxylic acids is 1. The van der Waals surface area contributed by atoms with E-state index in [2.05, 4.69) is 0 Å². The van der Waals surface area contributed by atoms with Gasteiger partial charge in [0, 0.05) is 25.1 Å². The third kappa shape index (κ3) is 2.10. The Morgan fingerprint density at radius 2 is 2.58 bits per heavy atom. The van der Waals surface area contributed by atoms with E-state index in [0.717, 1.165) is 0 Å². The zero-order valence-corrected chi connectivity index (χ0v) is 6.99. The van der Waals surface area contributed by atoms with Crippen molar-refractivity contribution in [2.75, 3.05) is 13.8 Å². The minimum Gasteiger partial charge on any atom is -0.366 e. The number of allylic oxidation sites excluding steroid dienone is 1. The summed E-state index contributed by atoms with van der Waals surface area (Å²) in [6.07, 6.45) is 6.04. The first-order valence-electron chi connectivity index (χ1n) is 3.66. The Morgan fingerprint density at radius 1 is 1.83 bits per heavy atom. The smallest absolute Gasteiger partial charge is 0.246 e. The van der Waals surface area contributed by atoms with Crippen molar-refractivity contribution in [2.45, 2.75) is 6.42 Å². The molecular formula is C8H12N2O2. The van der Waals surface area contributed by atoms with Crippen LogP contribution in [0.2, 0.25) is 0 Å². The molecule has 4 heteroatoms. The summed E-state index contributed by atoms with van der Waals surface area (Å²) < 4.78 is 4.89. The van der Waals surface area contributed by atoms with E-state index in [1.54, 1.807) is 18.2 Å². The number of ether oxygens (including phenoxy) is 1. The van der Waals surface area contributed by atoms with E-state index >= 15 is 0 Å². The van der Waals surface area contributed by atoms with Gasteiger partial charge in [-0.1, -0.05) is 6.08 Å². The number of hydrogen-bond acceptors (Lipinski definition) is 3. The van der Waals surface area contributed by atoms with E-state index in [0.29, 0.717) is 18.7 Å². The van der Waals surface area contributed by atoms with Gasteiger partial charge in [0.25, 0.3) is 0 Å². The average molecular weight is 168 g/mol. The lowest BCUT2D eigenvalue weighted by molar-refractivity contribution is -0.114. The van der Waals surface area contributed by atoms with Crippen LogP contribution in [0.15, 0.2) is 24.0 Å². The Bertz CT molecular complexity index is 233. The van der Waals surface area contributed by atoms with Crippen molar-refractivity contribution >= 4 is 5.91 Å². The normalized spacial score (nSPS) is 16.1. The number of nitrogens with zero attached hydrogens (tertiary/aromatic N) is 1. The lowest BCUT2D eigenvalue weighted by Crippen LogP contribution is -2.22. The molecule has 4 nitrogen and oxygen atoms in total. The van der Waals surface area contributed by atoms with Crippen LogP contribution in [-0.4, -0.2) is 24.6 Å². The summed E-state index contributed by atoms with van der Waals surface area (Å²) in [5.74, 6) is -0.375. The fraction of sp³-hybridized carbons (Fsp3) is 0.375. The molecule has 0 bridgehead atoms. The fourth-order valence-electron chi connectivity index (χ4n) is 1.00. The Labute approximate surface area is 71.3 Å². The maximum Gasteiger partial charge on any atom is 0.246 e. The van der Waals surface area contributed by atoms with Crippen LogP contribution in [-0.2, 0) is 9.53 Å². The minimum atomic E-state index is -0.375. The van der Waals surface area contributed by atoms with Gasteiger partial charge in [-0.05, 0) is 6.42 Å². The van der Waals surface area contributed by atoms with Gasteiger partial charge in [-0.15, -0.1) is 0 Å². The van der Waals surface area contributed by atoms with Crippen LogP contribution in [0.1, 0.15) is 6.42 Å². The standard InChI is InChI=1S/C8H12N2O2/c1-12-6-10-4-2-3-7(5-10)8(9)11/h2,4-5H,3,6H2,1H3,(H2,9,11). The minimum absolute atomic E-state index is 0.375. The molecule has 1 amide bonds. The van der Waals surface area contributed by atoms with Crippen LogP contribution in [0, 0.1) is 0 Å². The number of amides is 1. The number of primary amides is 1. The van der Waals surface area contributed by atoms with E-state index in [9.17, 15) is 4.79 Å². The van der Waals surface area contributed by atoms with Crippen molar-refractivity contribution in [3.05, 3.63) is 24.0 Å². The molecule has 0 aromatic carbocycles. The lowest BCUT2D eigenvalue weighted by Gasteiger charge is -2.18. The molecule has 0 saturated carbocycles. The zero-order chi connectivity index (χ0) is 8.97. The van der Waals surface area contributed by atoms with Gasteiger partial charge in [0.15, 0.2) is 0 Å². The van der Waals surface area contributed by atoms with Crippen LogP contribution in [0.4, 0.5) is 0 Å². The van der Waals surface area contributed by atoms with Gasteiger partial charge in [-0.2, -0.15) is 0 Å². The second-order valence-corrected chi connectivity index (χ2v) is 2.54. The van der Waals surface area contributed by atoms with Gasteiger partial charge in [0.1, 0.15) is 6.73 Å². The Balaban J connectivity index is 2.61. The number of hydrogen-bond donors (Lipinski definition) is 1. The molecule has 1 aliphatic rings. The summed E-state index contributed by atoms with van der Waals surface area (Å²) in [6.45, 7) is 0.438. The SMILES string of the molecule is COCN1C=CCC(C(N)=O)=C1. The highest BCUT2D eigenvalue weighted by Gasteiger charge is 2.08. The molecule has 0 saturated heterocycles. The topological polar surface area (TPSA) is 55.6 Å². The largest absolute Gasteiger partial charge is 0.366 e. The van der Waals surface area contributed by atoms with E-state index < -0.39 is 0 Å². The molecule has 0 spiro atoms. The average Bonchev–Trinajstić information content (AvgIpc) is 2.05. The van der Waals surface area contributed by atoms with E-state index in [1.807, 2.05) is 12.3 Å². The molecular weight excluding hydrogens is 156 g/mol. The molecule has 12 heavy (non-hydrogen) atoms. The molecule has 0 aliphatic carbocycles. The fourth-order valence-corrected chi connectivity index (χ4v) is 1.00. The highest BCUT2D eigenvalue weighted by molar-refractivity contribution is 5.92. The van der Waals surface area contributed by atoms with Crippen LogP contribution in [0.3, 0.4) is 0 Å². The van der Waals surface area contributed by atoms with E-state index in [1.165, 1.54) is 0 Å². The van der Waals surface area contributed by atoms with Crippen molar-refractivity contribution in [2.24, 2.45) is 5.73 Å². The van der Waals surface area contributed by atoms with Crippen LogP contribution in [0.5, 0.6) is 0 Å². The maximum absolute atomic E-state index is 10.8. The summed E-state index contributed by atoms with van der Waals surface area (Å²) in [7, 11) is 1.60. The summed E-state index contributed by atoms with van der Waals surface area (Å²) in [5.41, 5.74) is 5.72. The van der Waals surface area contributed by atoms with Gasteiger partial charge in [0.05, 0.1) is 0 Å². The monoisotopic (exact) mass is 168 g/mol. The molecule has 2 N–H and O–H groups in total. The quantitative estimate of drug-likeness (QED) is 0.654. The van der Waals surface area contributed by atoms with Crippen molar-refractivity contribution in [3.63, 3.8) is 0 Å². The first-order chi connectivity index (χ1) is 5.74. The van der Waals surface area contributed by atoms with Gasteiger partial charge in [-0.25, -0.2) is 0 Å². The summed E-state index contributed by atoms with van der Waals surface area (Å²) in [4.78, 5) is 12.5. The molecule has 0 radical (unpaired) electrons. The predicted molar refractivity (Wildman–Crippen MR) is 44.7 cm³/mol. The Morgan fingerprint density at radius 3 is 3.17 bits per heavy atom. The molecule has 1 aliphatic heterocycles. The van der Waals surface area contributed by atoms with Gasteiger partial charge in [-0.3, -0.25) is 4.79 Å². The molecule has 1 rings (SSSR count). The zero-order valence-electron chi connectivity index (χ0n) is 6.99. The third-order valence-corrected chi connectivity index (χ3v) is 1.55. The molecule has 0 aromatic heterocycles. The summed E-state index contributed by atoms with van der Waals surface area (Å²) in [5, 5.41) is 0.